The van der Waals surface area contributed by atoms with E-state index in [1.807, 2.05) is 0 Å². The Morgan fingerprint density at radius 1 is 1.13 bits per heavy atom. The molecule has 23 heavy (non-hydrogen) atoms. The van der Waals surface area contributed by atoms with Gasteiger partial charge in [0.2, 0.25) is 15.9 Å². The predicted octanol–water partition coefficient (Wildman–Crippen LogP) is 2.27. The number of nitrogens with zero attached hydrogens (tertiary/aromatic N) is 1. The molecule has 0 unspecified atom stereocenters. The van der Waals surface area contributed by atoms with E-state index in [1.54, 1.807) is 24.3 Å². The summed E-state index contributed by atoms with van der Waals surface area (Å²) in [6, 6.07) is 6.27. The fourth-order valence-electron chi connectivity index (χ4n) is 2.84. The molecule has 0 radical (unpaired) electrons. The zero-order valence-corrected chi connectivity index (χ0v) is 14.4. The van der Waals surface area contributed by atoms with Crippen LogP contribution >= 0.6 is 11.6 Å². The number of amides is 1. The molecule has 0 spiro atoms. The Morgan fingerprint density at radius 2 is 1.74 bits per heavy atom. The maximum Gasteiger partial charge on any atom is 0.243 e. The summed E-state index contributed by atoms with van der Waals surface area (Å²) in [7, 11) is -3.45. The summed E-state index contributed by atoms with van der Waals surface area (Å²) >= 11 is 5.81. The first-order chi connectivity index (χ1) is 11.0. The van der Waals surface area contributed by atoms with Gasteiger partial charge in [-0.1, -0.05) is 11.6 Å². The molecular formula is C16H21ClN2O3S. The number of carbonyl (C=O) groups is 1. The van der Waals surface area contributed by atoms with E-state index in [0.717, 1.165) is 25.7 Å². The number of sulfonamides is 1. The van der Waals surface area contributed by atoms with Crippen LogP contribution in [0.25, 0.3) is 0 Å². The highest BCUT2D eigenvalue weighted by atomic mass is 35.5. The lowest BCUT2D eigenvalue weighted by Gasteiger charge is -2.31. The first kappa shape index (κ1) is 16.7. The van der Waals surface area contributed by atoms with E-state index in [4.69, 9.17) is 11.6 Å². The van der Waals surface area contributed by atoms with E-state index in [9.17, 15) is 13.2 Å². The van der Waals surface area contributed by atoms with Gasteiger partial charge in [-0.15, -0.1) is 0 Å². The van der Waals surface area contributed by atoms with Crippen molar-refractivity contribution in [3.05, 3.63) is 29.3 Å². The van der Waals surface area contributed by atoms with Crippen molar-refractivity contribution in [1.82, 2.24) is 9.62 Å². The molecule has 1 saturated carbocycles. The summed E-state index contributed by atoms with van der Waals surface area (Å²) in [6.07, 6.45) is 3.56. The highest BCUT2D eigenvalue weighted by molar-refractivity contribution is 7.89. The molecule has 1 aliphatic heterocycles. The molecule has 1 aromatic rings. The summed E-state index contributed by atoms with van der Waals surface area (Å²) in [5, 5.41) is 3.51. The standard InChI is InChI=1S/C16H21ClN2O3S/c17-14-3-5-15(6-4-14)23(21,22)19-9-7-12(8-10-19)11-18-16(20)13-1-2-13/h3-6,12-13H,1-2,7-11H2,(H,18,20). The molecule has 0 bridgehead atoms. The third-order valence-electron chi connectivity index (χ3n) is 4.54. The lowest BCUT2D eigenvalue weighted by Crippen LogP contribution is -2.41. The maximum absolute atomic E-state index is 12.6. The van der Waals surface area contributed by atoms with Crippen molar-refractivity contribution >= 4 is 27.5 Å². The molecule has 1 aromatic carbocycles. The van der Waals surface area contributed by atoms with Gasteiger partial charge >= 0.3 is 0 Å². The van der Waals surface area contributed by atoms with E-state index in [2.05, 4.69) is 5.32 Å². The third-order valence-corrected chi connectivity index (χ3v) is 6.70. The molecule has 1 saturated heterocycles. The summed E-state index contributed by atoms with van der Waals surface area (Å²) in [4.78, 5) is 11.9. The molecule has 7 heteroatoms. The Morgan fingerprint density at radius 3 is 2.30 bits per heavy atom. The first-order valence-corrected chi connectivity index (χ1v) is 9.82. The van der Waals surface area contributed by atoms with Crippen molar-refractivity contribution in [1.29, 1.82) is 0 Å². The Bertz CT molecular complexity index is 663. The largest absolute Gasteiger partial charge is 0.356 e. The van der Waals surface area contributed by atoms with Crippen molar-refractivity contribution in [2.75, 3.05) is 19.6 Å². The normalized spacial score (nSPS) is 20.4. The number of halogens is 1. The van der Waals surface area contributed by atoms with Crippen LogP contribution in [0.15, 0.2) is 29.2 Å². The van der Waals surface area contributed by atoms with Crippen LogP contribution in [0, 0.1) is 11.8 Å². The average Bonchev–Trinajstić information content (AvgIpc) is 3.38. The Kier molecular flexibility index (Phi) is 4.94. The number of hydrogen-bond donors (Lipinski definition) is 1. The molecule has 0 atom stereocenters. The van der Waals surface area contributed by atoms with Gasteiger partial charge in [-0.05, 0) is 55.9 Å². The van der Waals surface area contributed by atoms with E-state index in [-0.39, 0.29) is 16.7 Å². The van der Waals surface area contributed by atoms with Crippen LogP contribution in [0.3, 0.4) is 0 Å². The van der Waals surface area contributed by atoms with E-state index in [0.29, 0.717) is 30.6 Å². The molecule has 1 amide bonds. The van der Waals surface area contributed by atoms with Crippen LogP contribution in [-0.2, 0) is 14.8 Å². The molecule has 1 aliphatic carbocycles. The highest BCUT2D eigenvalue weighted by Gasteiger charge is 2.32. The van der Waals surface area contributed by atoms with Gasteiger partial charge in [0.25, 0.3) is 0 Å². The maximum atomic E-state index is 12.6. The van der Waals surface area contributed by atoms with E-state index < -0.39 is 10.0 Å². The van der Waals surface area contributed by atoms with Gasteiger partial charge in [-0.3, -0.25) is 4.79 Å². The van der Waals surface area contributed by atoms with Crippen LogP contribution < -0.4 is 5.32 Å². The zero-order valence-electron chi connectivity index (χ0n) is 12.9. The minimum absolute atomic E-state index is 0.154. The van der Waals surface area contributed by atoms with Gasteiger partial charge in [0.15, 0.2) is 0 Å². The molecule has 0 aromatic heterocycles. The zero-order chi connectivity index (χ0) is 16.4. The lowest BCUT2D eigenvalue weighted by atomic mass is 9.98. The predicted molar refractivity (Wildman–Crippen MR) is 88.7 cm³/mol. The highest BCUT2D eigenvalue weighted by Crippen LogP contribution is 2.29. The van der Waals surface area contributed by atoms with Crippen LogP contribution in [-0.4, -0.2) is 38.3 Å². The molecular weight excluding hydrogens is 336 g/mol. The molecule has 1 N–H and O–H groups in total. The van der Waals surface area contributed by atoms with Crippen molar-refractivity contribution in [2.45, 2.75) is 30.6 Å². The van der Waals surface area contributed by atoms with E-state index >= 15 is 0 Å². The fraction of sp³-hybridized carbons (Fsp3) is 0.562. The molecule has 2 aliphatic rings. The van der Waals surface area contributed by atoms with Crippen LogP contribution in [0.2, 0.25) is 5.02 Å². The van der Waals surface area contributed by atoms with Crippen molar-refractivity contribution in [3.63, 3.8) is 0 Å². The summed E-state index contributed by atoms with van der Waals surface area (Å²) < 4.78 is 26.7. The number of nitrogens with one attached hydrogen (secondary N) is 1. The van der Waals surface area contributed by atoms with Crippen LogP contribution in [0.1, 0.15) is 25.7 Å². The number of benzene rings is 1. The second-order valence-corrected chi connectivity index (χ2v) is 8.70. The van der Waals surface area contributed by atoms with Gasteiger partial charge in [0, 0.05) is 30.6 Å². The lowest BCUT2D eigenvalue weighted by molar-refractivity contribution is -0.122. The van der Waals surface area contributed by atoms with Gasteiger partial charge in [-0.25, -0.2) is 8.42 Å². The topological polar surface area (TPSA) is 66.5 Å². The Hall–Kier alpha value is -1.11. The molecule has 126 valence electrons. The summed E-state index contributed by atoms with van der Waals surface area (Å²) in [6.45, 7) is 1.65. The van der Waals surface area contributed by atoms with Gasteiger partial charge in [0.05, 0.1) is 4.90 Å². The number of hydrogen-bond acceptors (Lipinski definition) is 3. The number of rotatable bonds is 5. The van der Waals surface area contributed by atoms with Gasteiger partial charge in [-0.2, -0.15) is 4.31 Å². The average molecular weight is 357 g/mol. The minimum atomic E-state index is -3.45. The van der Waals surface area contributed by atoms with E-state index in [1.165, 1.54) is 4.31 Å². The van der Waals surface area contributed by atoms with Gasteiger partial charge in [0.1, 0.15) is 0 Å². The molecule has 1 heterocycles. The summed E-state index contributed by atoms with van der Waals surface area (Å²) in [5.41, 5.74) is 0. The third kappa shape index (κ3) is 4.05. The van der Waals surface area contributed by atoms with Crippen LogP contribution in [0.5, 0.6) is 0 Å². The molecule has 2 fully saturated rings. The number of piperidine rings is 1. The molecule has 3 rings (SSSR count). The van der Waals surface area contributed by atoms with Gasteiger partial charge < -0.3 is 5.32 Å². The second kappa shape index (κ2) is 6.79. The molecule has 5 nitrogen and oxygen atoms in total. The first-order valence-electron chi connectivity index (χ1n) is 8.00. The summed E-state index contributed by atoms with van der Waals surface area (Å²) in [5.74, 6) is 0.732. The number of carbonyl (C=O) groups excluding carboxylic acids is 1. The van der Waals surface area contributed by atoms with Crippen molar-refractivity contribution in [3.8, 4) is 0 Å². The SMILES string of the molecule is O=C(NCC1CCN(S(=O)(=O)c2ccc(Cl)cc2)CC1)C1CC1. The Labute approximate surface area is 142 Å². The van der Waals surface area contributed by atoms with Crippen molar-refractivity contribution < 1.29 is 13.2 Å². The second-order valence-electron chi connectivity index (χ2n) is 6.32. The Balaban J connectivity index is 1.53. The smallest absolute Gasteiger partial charge is 0.243 e. The minimum Gasteiger partial charge on any atom is -0.356 e. The monoisotopic (exact) mass is 356 g/mol. The fourth-order valence-corrected chi connectivity index (χ4v) is 4.44. The van der Waals surface area contributed by atoms with Crippen LogP contribution in [0.4, 0.5) is 0 Å². The van der Waals surface area contributed by atoms with Crippen molar-refractivity contribution in [2.24, 2.45) is 11.8 Å². The quantitative estimate of drug-likeness (QED) is 0.880.